The number of aryl methyl sites for hydroxylation is 1. The van der Waals surface area contributed by atoms with E-state index in [0.717, 1.165) is 5.56 Å². The molecule has 0 radical (unpaired) electrons. The van der Waals surface area contributed by atoms with Crippen LogP contribution in [-0.2, 0) is 10.4 Å². The number of ketones is 1. The van der Waals surface area contributed by atoms with Gasteiger partial charge in [0.05, 0.1) is 12.1 Å². The van der Waals surface area contributed by atoms with E-state index in [4.69, 9.17) is 11.6 Å². The van der Waals surface area contributed by atoms with E-state index in [9.17, 15) is 14.7 Å². The van der Waals surface area contributed by atoms with E-state index in [-0.39, 0.29) is 22.8 Å². The van der Waals surface area contributed by atoms with Crippen LogP contribution in [0.4, 0.5) is 5.69 Å². The fourth-order valence-corrected chi connectivity index (χ4v) is 2.93. The van der Waals surface area contributed by atoms with E-state index in [1.165, 1.54) is 24.5 Å². The van der Waals surface area contributed by atoms with Crippen molar-refractivity contribution in [2.75, 3.05) is 5.32 Å². The highest BCUT2D eigenvalue weighted by molar-refractivity contribution is 6.33. The Morgan fingerprint density at radius 2 is 2.00 bits per heavy atom. The Kier molecular flexibility index (Phi) is 3.47. The molecule has 0 bridgehead atoms. The van der Waals surface area contributed by atoms with Crippen LogP contribution in [0.15, 0.2) is 36.7 Å². The summed E-state index contributed by atoms with van der Waals surface area (Å²) in [7, 11) is 0. The Labute approximate surface area is 131 Å². The molecular formula is C16H13ClN2O3. The number of nitrogens with one attached hydrogen (secondary N) is 1. The zero-order valence-corrected chi connectivity index (χ0v) is 12.5. The third-order valence-electron chi connectivity index (χ3n) is 3.81. The molecule has 112 valence electrons. The van der Waals surface area contributed by atoms with Crippen molar-refractivity contribution in [3.8, 4) is 0 Å². The number of fused-ring (bicyclic) bond motifs is 1. The summed E-state index contributed by atoms with van der Waals surface area (Å²) in [6.45, 7) is 1.80. The lowest BCUT2D eigenvalue weighted by molar-refractivity contribution is -0.133. The number of pyridine rings is 1. The zero-order valence-electron chi connectivity index (χ0n) is 11.8. The second kappa shape index (κ2) is 5.19. The van der Waals surface area contributed by atoms with Crippen molar-refractivity contribution in [3.05, 3.63) is 58.4 Å². The van der Waals surface area contributed by atoms with Crippen molar-refractivity contribution in [2.24, 2.45) is 0 Å². The van der Waals surface area contributed by atoms with Gasteiger partial charge in [-0.15, -0.1) is 0 Å². The first-order valence-electron chi connectivity index (χ1n) is 6.70. The molecule has 1 aliphatic rings. The van der Waals surface area contributed by atoms with Crippen LogP contribution < -0.4 is 5.32 Å². The molecule has 0 fully saturated rings. The normalized spacial score (nSPS) is 19.7. The minimum absolute atomic E-state index is 0.254. The highest BCUT2D eigenvalue weighted by atomic mass is 35.5. The molecule has 1 atom stereocenters. The number of hydrogen-bond donors (Lipinski definition) is 2. The fraction of sp³-hybridized carbons (Fsp3) is 0.188. The van der Waals surface area contributed by atoms with Gasteiger partial charge in [-0.3, -0.25) is 14.6 Å². The van der Waals surface area contributed by atoms with E-state index in [1.54, 1.807) is 19.1 Å². The van der Waals surface area contributed by atoms with Crippen LogP contribution in [0.25, 0.3) is 0 Å². The van der Waals surface area contributed by atoms with Gasteiger partial charge in [0.2, 0.25) is 0 Å². The maximum Gasteiger partial charge on any atom is 0.261 e. The summed E-state index contributed by atoms with van der Waals surface area (Å²) in [5, 5.41) is 13.7. The molecule has 1 aliphatic heterocycles. The van der Waals surface area contributed by atoms with Crippen molar-refractivity contribution in [1.82, 2.24) is 4.98 Å². The number of rotatable bonds is 3. The molecule has 1 aromatic carbocycles. The average molecular weight is 317 g/mol. The number of hydrogen-bond acceptors (Lipinski definition) is 4. The maximum atomic E-state index is 12.3. The molecule has 0 saturated carbocycles. The molecule has 2 aromatic rings. The lowest BCUT2D eigenvalue weighted by Gasteiger charge is -2.21. The van der Waals surface area contributed by atoms with Crippen molar-refractivity contribution in [3.63, 3.8) is 0 Å². The smallest absolute Gasteiger partial charge is 0.261 e. The number of halogens is 1. The topological polar surface area (TPSA) is 79.3 Å². The summed E-state index contributed by atoms with van der Waals surface area (Å²) in [6, 6.07) is 6.43. The number of anilines is 1. The van der Waals surface area contributed by atoms with E-state index in [0.29, 0.717) is 11.3 Å². The molecule has 22 heavy (non-hydrogen) atoms. The molecule has 3 rings (SSSR count). The molecule has 1 aromatic heterocycles. The summed E-state index contributed by atoms with van der Waals surface area (Å²) in [5.74, 6) is -0.994. The van der Waals surface area contributed by atoms with Gasteiger partial charge in [-0.1, -0.05) is 17.7 Å². The lowest BCUT2D eigenvalue weighted by atomic mass is 9.87. The third-order valence-corrected chi connectivity index (χ3v) is 4.12. The number of carbonyl (C=O) groups is 2. The van der Waals surface area contributed by atoms with E-state index >= 15 is 0 Å². The minimum Gasteiger partial charge on any atom is -0.375 e. The molecule has 6 heteroatoms. The number of Topliss-reactive ketones (excluding diaryl/α,β-unsaturated/α-hetero) is 1. The van der Waals surface area contributed by atoms with Gasteiger partial charge < -0.3 is 10.4 Å². The van der Waals surface area contributed by atoms with E-state index in [1.807, 2.05) is 0 Å². The number of benzene rings is 1. The first-order valence-corrected chi connectivity index (χ1v) is 7.08. The van der Waals surface area contributed by atoms with Gasteiger partial charge in [0.15, 0.2) is 11.4 Å². The van der Waals surface area contributed by atoms with Gasteiger partial charge in [0, 0.05) is 28.5 Å². The van der Waals surface area contributed by atoms with Crippen LogP contribution >= 0.6 is 11.6 Å². The van der Waals surface area contributed by atoms with E-state index in [2.05, 4.69) is 10.3 Å². The Bertz CT molecular complexity index is 776. The van der Waals surface area contributed by atoms with E-state index < -0.39 is 11.5 Å². The van der Waals surface area contributed by atoms with Gasteiger partial charge in [0.1, 0.15) is 0 Å². The number of aromatic nitrogens is 1. The largest absolute Gasteiger partial charge is 0.375 e. The summed E-state index contributed by atoms with van der Waals surface area (Å²) >= 11 is 6.15. The Morgan fingerprint density at radius 1 is 1.32 bits per heavy atom. The third kappa shape index (κ3) is 2.19. The minimum atomic E-state index is -1.96. The van der Waals surface area contributed by atoms with Crippen LogP contribution in [0, 0.1) is 6.92 Å². The molecule has 0 saturated heterocycles. The summed E-state index contributed by atoms with van der Waals surface area (Å²) in [4.78, 5) is 28.4. The number of amides is 1. The van der Waals surface area contributed by atoms with Crippen LogP contribution in [0.2, 0.25) is 5.02 Å². The first-order chi connectivity index (χ1) is 10.4. The van der Waals surface area contributed by atoms with Crippen molar-refractivity contribution in [2.45, 2.75) is 18.9 Å². The molecule has 1 unspecified atom stereocenters. The molecule has 0 spiro atoms. The molecular weight excluding hydrogens is 304 g/mol. The highest BCUT2D eigenvalue weighted by Gasteiger charge is 2.48. The summed E-state index contributed by atoms with van der Waals surface area (Å²) in [5.41, 5.74) is -0.0590. The molecule has 1 amide bonds. The van der Waals surface area contributed by atoms with Gasteiger partial charge in [-0.25, -0.2) is 0 Å². The zero-order chi connectivity index (χ0) is 15.9. The quantitative estimate of drug-likeness (QED) is 0.853. The maximum absolute atomic E-state index is 12.3. The predicted molar refractivity (Wildman–Crippen MR) is 81.9 cm³/mol. The highest BCUT2D eigenvalue weighted by Crippen LogP contribution is 2.44. The number of aliphatic hydroxyl groups is 1. The number of nitrogens with zero attached hydrogens (tertiary/aromatic N) is 1. The lowest BCUT2D eigenvalue weighted by Crippen LogP contribution is -2.36. The first kappa shape index (κ1) is 14.7. The predicted octanol–water partition coefficient (Wildman–Crippen LogP) is 2.46. The van der Waals surface area contributed by atoms with Crippen LogP contribution in [-0.4, -0.2) is 21.8 Å². The SMILES string of the molecule is Cc1ccc(Cl)c2c1NC(=O)C2(O)CC(=O)c1ccncc1. The number of carbonyl (C=O) groups excluding carboxylic acids is 2. The van der Waals surface area contributed by atoms with Gasteiger partial charge in [0.25, 0.3) is 5.91 Å². The van der Waals surface area contributed by atoms with Crippen LogP contribution in [0.5, 0.6) is 0 Å². The molecule has 0 aliphatic carbocycles. The van der Waals surface area contributed by atoms with Gasteiger partial charge >= 0.3 is 0 Å². The summed E-state index contributed by atoms with van der Waals surface area (Å²) in [6.07, 6.45) is 2.59. The van der Waals surface area contributed by atoms with Crippen LogP contribution in [0.3, 0.4) is 0 Å². The molecule has 5 nitrogen and oxygen atoms in total. The standard InChI is InChI=1S/C16H13ClN2O3/c1-9-2-3-11(17)13-14(9)19-15(21)16(13,22)8-12(20)10-4-6-18-7-5-10/h2-7,22H,8H2,1H3,(H,19,21). The molecule has 2 heterocycles. The fourth-order valence-electron chi connectivity index (χ4n) is 2.62. The van der Waals surface area contributed by atoms with Crippen LogP contribution in [0.1, 0.15) is 27.9 Å². The second-order valence-corrected chi connectivity index (χ2v) is 5.67. The Morgan fingerprint density at radius 3 is 2.68 bits per heavy atom. The van der Waals surface area contributed by atoms with Gasteiger partial charge in [-0.2, -0.15) is 0 Å². The monoisotopic (exact) mass is 316 g/mol. The second-order valence-electron chi connectivity index (χ2n) is 5.26. The average Bonchev–Trinajstić information content (AvgIpc) is 2.77. The Hall–Kier alpha value is -2.24. The van der Waals surface area contributed by atoms with Crippen molar-refractivity contribution >= 4 is 29.0 Å². The van der Waals surface area contributed by atoms with Crippen molar-refractivity contribution < 1.29 is 14.7 Å². The van der Waals surface area contributed by atoms with Crippen molar-refractivity contribution in [1.29, 1.82) is 0 Å². The summed E-state index contributed by atoms with van der Waals surface area (Å²) < 4.78 is 0. The van der Waals surface area contributed by atoms with Gasteiger partial charge in [-0.05, 0) is 30.7 Å². The Balaban J connectivity index is 2.03. The molecule has 2 N–H and O–H groups in total.